The van der Waals surface area contributed by atoms with Gasteiger partial charge in [0.25, 0.3) is 0 Å². The molecule has 20 heavy (non-hydrogen) atoms. The molecule has 0 aliphatic heterocycles. The molecule has 0 fully saturated rings. The van der Waals surface area contributed by atoms with Crippen LogP contribution >= 0.6 is 0 Å². The van der Waals surface area contributed by atoms with Gasteiger partial charge in [-0.15, -0.1) is 0 Å². The second kappa shape index (κ2) is 8.48. The van der Waals surface area contributed by atoms with Crippen LogP contribution < -0.4 is 5.32 Å². The van der Waals surface area contributed by atoms with Crippen molar-refractivity contribution in [3.8, 4) is 0 Å². The van der Waals surface area contributed by atoms with Crippen LogP contribution in [0.5, 0.6) is 0 Å². The second-order valence-corrected chi connectivity index (χ2v) is 5.06. The predicted octanol–water partition coefficient (Wildman–Crippen LogP) is 2.54. The van der Waals surface area contributed by atoms with Gasteiger partial charge in [-0.1, -0.05) is 32.8 Å². The second-order valence-electron chi connectivity index (χ2n) is 5.06. The van der Waals surface area contributed by atoms with Crippen molar-refractivity contribution in [1.29, 1.82) is 0 Å². The number of hydrogen-bond donors (Lipinski definition) is 2. The number of nitrogens with zero attached hydrogens (tertiary/aromatic N) is 1. The maximum Gasteiger partial charge on any atom is 0.244 e. The highest BCUT2D eigenvalue weighted by atomic mass is 16.3. The standard InChI is InChI=1S/C16H24N2O2/c1-3-9-16(20,10-4-2)13-18-15(19)8-7-14-6-5-11-17-12-14/h5-8,11-12,20H,3-4,9-10,13H2,1-2H3,(H,18,19). The summed E-state index contributed by atoms with van der Waals surface area (Å²) in [6.45, 7) is 4.36. The number of hydrogen-bond acceptors (Lipinski definition) is 3. The van der Waals surface area contributed by atoms with Gasteiger partial charge in [-0.2, -0.15) is 0 Å². The van der Waals surface area contributed by atoms with Crippen LogP contribution in [0.4, 0.5) is 0 Å². The summed E-state index contributed by atoms with van der Waals surface area (Å²) in [6, 6.07) is 3.69. The average molecular weight is 276 g/mol. The van der Waals surface area contributed by atoms with Gasteiger partial charge in [0.1, 0.15) is 0 Å². The summed E-state index contributed by atoms with van der Waals surface area (Å²) in [6.07, 6.45) is 9.76. The lowest BCUT2D eigenvalue weighted by Gasteiger charge is -2.27. The van der Waals surface area contributed by atoms with Gasteiger partial charge < -0.3 is 10.4 Å². The van der Waals surface area contributed by atoms with Crippen molar-refractivity contribution in [2.45, 2.75) is 45.1 Å². The summed E-state index contributed by atoms with van der Waals surface area (Å²) in [5.41, 5.74) is 0.0847. The zero-order chi connectivity index (χ0) is 14.8. The molecule has 0 bridgehead atoms. The summed E-state index contributed by atoms with van der Waals surface area (Å²) in [7, 11) is 0. The monoisotopic (exact) mass is 276 g/mol. The van der Waals surface area contributed by atoms with E-state index >= 15 is 0 Å². The Morgan fingerprint density at radius 2 is 2.10 bits per heavy atom. The summed E-state index contributed by atoms with van der Waals surface area (Å²) >= 11 is 0. The molecule has 0 unspecified atom stereocenters. The van der Waals surface area contributed by atoms with Gasteiger partial charge in [0.15, 0.2) is 0 Å². The highest BCUT2D eigenvalue weighted by Gasteiger charge is 2.24. The van der Waals surface area contributed by atoms with Gasteiger partial charge in [0.2, 0.25) is 5.91 Å². The van der Waals surface area contributed by atoms with E-state index in [1.807, 2.05) is 26.0 Å². The number of aliphatic hydroxyl groups is 1. The fourth-order valence-electron chi connectivity index (χ4n) is 2.19. The van der Waals surface area contributed by atoms with Crippen molar-refractivity contribution >= 4 is 12.0 Å². The van der Waals surface area contributed by atoms with E-state index in [0.29, 0.717) is 19.4 Å². The van der Waals surface area contributed by atoms with E-state index in [9.17, 15) is 9.90 Å². The molecule has 0 spiro atoms. The lowest BCUT2D eigenvalue weighted by atomic mass is 9.92. The van der Waals surface area contributed by atoms with Gasteiger partial charge in [0.05, 0.1) is 5.60 Å². The molecule has 1 amide bonds. The summed E-state index contributed by atoms with van der Waals surface area (Å²) in [5.74, 6) is -0.195. The minimum atomic E-state index is -0.790. The maximum absolute atomic E-state index is 11.7. The van der Waals surface area contributed by atoms with Crippen molar-refractivity contribution in [2.75, 3.05) is 6.54 Å². The molecule has 0 saturated heterocycles. The Labute approximate surface area is 120 Å². The fraction of sp³-hybridized carbons (Fsp3) is 0.500. The summed E-state index contributed by atoms with van der Waals surface area (Å²) in [4.78, 5) is 15.7. The first-order valence-corrected chi connectivity index (χ1v) is 7.18. The van der Waals surface area contributed by atoms with Gasteiger partial charge in [-0.05, 0) is 30.5 Å². The average Bonchev–Trinajstić information content (AvgIpc) is 2.45. The zero-order valence-corrected chi connectivity index (χ0v) is 12.3. The van der Waals surface area contributed by atoms with Crippen LogP contribution in [0.3, 0.4) is 0 Å². The number of amides is 1. The number of pyridine rings is 1. The van der Waals surface area contributed by atoms with Crippen LogP contribution in [-0.4, -0.2) is 28.1 Å². The zero-order valence-electron chi connectivity index (χ0n) is 12.3. The molecule has 1 rings (SSSR count). The van der Waals surface area contributed by atoms with E-state index in [0.717, 1.165) is 18.4 Å². The molecule has 0 radical (unpaired) electrons. The topological polar surface area (TPSA) is 62.2 Å². The quantitative estimate of drug-likeness (QED) is 0.717. The van der Waals surface area contributed by atoms with Crippen LogP contribution in [-0.2, 0) is 4.79 Å². The third-order valence-electron chi connectivity index (χ3n) is 3.13. The van der Waals surface area contributed by atoms with E-state index in [1.165, 1.54) is 6.08 Å². The maximum atomic E-state index is 11.7. The number of aromatic nitrogens is 1. The molecular formula is C16H24N2O2. The highest BCUT2D eigenvalue weighted by Crippen LogP contribution is 2.18. The van der Waals surface area contributed by atoms with Gasteiger partial charge in [0, 0.05) is 25.0 Å². The van der Waals surface area contributed by atoms with Crippen molar-refractivity contribution < 1.29 is 9.90 Å². The third-order valence-corrected chi connectivity index (χ3v) is 3.13. The highest BCUT2D eigenvalue weighted by molar-refractivity contribution is 5.91. The van der Waals surface area contributed by atoms with E-state index < -0.39 is 5.60 Å². The Balaban J connectivity index is 2.47. The van der Waals surface area contributed by atoms with Crippen molar-refractivity contribution in [1.82, 2.24) is 10.3 Å². The molecule has 1 aromatic heterocycles. The molecule has 4 nitrogen and oxygen atoms in total. The molecule has 1 aromatic rings. The molecule has 4 heteroatoms. The largest absolute Gasteiger partial charge is 0.388 e. The molecular weight excluding hydrogens is 252 g/mol. The molecule has 0 aliphatic rings. The van der Waals surface area contributed by atoms with Gasteiger partial charge in [-0.25, -0.2) is 0 Å². The Morgan fingerprint density at radius 1 is 1.40 bits per heavy atom. The Bertz CT molecular complexity index is 423. The molecule has 0 aromatic carbocycles. The number of nitrogens with one attached hydrogen (secondary N) is 1. The van der Waals surface area contributed by atoms with Crippen LogP contribution in [0.15, 0.2) is 30.6 Å². The first kappa shape index (κ1) is 16.4. The molecule has 110 valence electrons. The SMILES string of the molecule is CCCC(O)(CCC)CNC(=O)C=Cc1cccnc1. The van der Waals surface area contributed by atoms with Gasteiger partial charge in [-0.3, -0.25) is 9.78 Å². The van der Waals surface area contributed by atoms with Crippen molar-refractivity contribution in [3.05, 3.63) is 36.2 Å². The fourth-order valence-corrected chi connectivity index (χ4v) is 2.19. The normalized spacial score (nSPS) is 11.8. The minimum Gasteiger partial charge on any atom is -0.388 e. The van der Waals surface area contributed by atoms with Crippen molar-refractivity contribution in [2.24, 2.45) is 0 Å². The Kier molecular flexibility index (Phi) is 6.94. The number of rotatable bonds is 8. The summed E-state index contributed by atoms with van der Waals surface area (Å²) in [5, 5.41) is 13.2. The lowest BCUT2D eigenvalue weighted by Crippen LogP contribution is -2.42. The molecule has 1 heterocycles. The Hall–Kier alpha value is -1.68. The van der Waals surface area contributed by atoms with E-state index in [2.05, 4.69) is 10.3 Å². The van der Waals surface area contributed by atoms with Crippen LogP contribution in [0.2, 0.25) is 0 Å². The summed E-state index contributed by atoms with van der Waals surface area (Å²) < 4.78 is 0. The number of carbonyl (C=O) groups excluding carboxylic acids is 1. The minimum absolute atomic E-state index is 0.195. The van der Waals surface area contributed by atoms with E-state index in [-0.39, 0.29) is 5.91 Å². The van der Waals surface area contributed by atoms with Crippen molar-refractivity contribution in [3.63, 3.8) is 0 Å². The van der Waals surface area contributed by atoms with E-state index in [4.69, 9.17) is 0 Å². The van der Waals surface area contributed by atoms with Gasteiger partial charge >= 0.3 is 0 Å². The van der Waals surface area contributed by atoms with Crippen LogP contribution in [0.1, 0.15) is 45.1 Å². The van der Waals surface area contributed by atoms with E-state index in [1.54, 1.807) is 18.5 Å². The molecule has 2 N–H and O–H groups in total. The molecule has 0 atom stereocenters. The lowest BCUT2D eigenvalue weighted by molar-refractivity contribution is -0.117. The van der Waals surface area contributed by atoms with Crippen LogP contribution in [0, 0.1) is 0 Å². The molecule has 0 aliphatic carbocycles. The smallest absolute Gasteiger partial charge is 0.244 e. The van der Waals surface area contributed by atoms with Crippen LogP contribution in [0.25, 0.3) is 6.08 Å². The number of carbonyl (C=O) groups is 1. The first-order chi connectivity index (χ1) is 9.59. The molecule has 0 saturated carbocycles. The predicted molar refractivity (Wildman–Crippen MR) is 81.0 cm³/mol. The first-order valence-electron chi connectivity index (χ1n) is 7.18. The Morgan fingerprint density at radius 3 is 2.65 bits per heavy atom. The third kappa shape index (κ3) is 5.97.